The summed E-state index contributed by atoms with van der Waals surface area (Å²) in [6.45, 7) is 5.49. The van der Waals surface area contributed by atoms with Crippen molar-refractivity contribution in [2.75, 3.05) is 5.32 Å². The number of benzene rings is 1. The summed E-state index contributed by atoms with van der Waals surface area (Å²) < 4.78 is 7.18. The van der Waals surface area contributed by atoms with Crippen LogP contribution in [0.2, 0.25) is 0 Å². The van der Waals surface area contributed by atoms with Crippen molar-refractivity contribution >= 4 is 50.3 Å². The van der Waals surface area contributed by atoms with Gasteiger partial charge in [0.25, 0.3) is 0 Å². The Kier molecular flexibility index (Phi) is 4.61. The predicted octanol–water partition coefficient (Wildman–Crippen LogP) is 4.40. The van der Waals surface area contributed by atoms with Crippen molar-refractivity contribution in [3.8, 4) is 0 Å². The zero-order chi connectivity index (χ0) is 12.3. The van der Waals surface area contributed by atoms with Gasteiger partial charge < -0.3 is 4.74 Å². The molecule has 3 nitrogen and oxygen atoms in total. The summed E-state index contributed by atoms with van der Waals surface area (Å²) in [6, 6.07) is 5.58. The van der Waals surface area contributed by atoms with Crippen LogP contribution in [0.25, 0.3) is 0 Å². The topological polar surface area (TPSA) is 38.3 Å². The molecule has 0 aliphatic carbocycles. The highest BCUT2D eigenvalue weighted by Gasteiger charge is 2.16. The van der Waals surface area contributed by atoms with E-state index in [1.54, 1.807) is 0 Å². The Labute approximate surface area is 117 Å². The monoisotopic (exact) mass is 397 g/mol. The average Bonchev–Trinajstić information content (AvgIpc) is 2.08. The molecule has 0 aromatic heterocycles. The molecule has 0 fully saturated rings. The third kappa shape index (κ3) is 4.69. The fraction of sp³-hybridized carbons (Fsp3) is 0.364. The fourth-order valence-corrected chi connectivity index (χ4v) is 1.71. The minimum absolute atomic E-state index is 0.444. The van der Waals surface area contributed by atoms with Crippen LogP contribution in [0.15, 0.2) is 22.7 Å². The summed E-state index contributed by atoms with van der Waals surface area (Å²) >= 11 is 5.60. The molecule has 1 N–H and O–H groups in total. The highest BCUT2D eigenvalue weighted by molar-refractivity contribution is 14.1. The van der Waals surface area contributed by atoms with Gasteiger partial charge >= 0.3 is 6.09 Å². The van der Waals surface area contributed by atoms with Gasteiger partial charge in [-0.2, -0.15) is 0 Å². The molecule has 16 heavy (non-hydrogen) atoms. The van der Waals surface area contributed by atoms with Gasteiger partial charge in [-0.25, -0.2) is 4.79 Å². The molecular weight excluding hydrogens is 385 g/mol. The second kappa shape index (κ2) is 5.35. The van der Waals surface area contributed by atoms with Gasteiger partial charge in [0.1, 0.15) is 5.60 Å². The smallest absolute Gasteiger partial charge is 0.412 e. The van der Waals surface area contributed by atoms with Crippen LogP contribution in [0.1, 0.15) is 20.8 Å². The lowest BCUT2D eigenvalue weighted by Gasteiger charge is -2.19. The summed E-state index contributed by atoms with van der Waals surface area (Å²) in [4.78, 5) is 11.5. The molecule has 0 saturated carbocycles. The Bertz CT molecular complexity index is 401. The van der Waals surface area contributed by atoms with Crippen LogP contribution >= 0.6 is 38.5 Å². The average molecular weight is 398 g/mol. The van der Waals surface area contributed by atoms with Gasteiger partial charge in [-0.3, -0.25) is 5.32 Å². The molecule has 1 aromatic carbocycles. The molecule has 0 saturated heterocycles. The molecule has 0 aliphatic heterocycles. The molecule has 0 radical (unpaired) electrons. The molecule has 0 atom stereocenters. The van der Waals surface area contributed by atoms with E-state index in [1.807, 2.05) is 39.0 Å². The summed E-state index contributed by atoms with van der Waals surface area (Å²) in [7, 11) is 0. The minimum Gasteiger partial charge on any atom is -0.444 e. The van der Waals surface area contributed by atoms with Crippen LogP contribution in [0, 0.1) is 3.57 Å². The van der Waals surface area contributed by atoms with E-state index in [9.17, 15) is 4.79 Å². The first-order chi connectivity index (χ1) is 7.28. The van der Waals surface area contributed by atoms with E-state index in [0.29, 0.717) is 5.69 Å². The Morgan fingerprint density at radius 3 is 2.56 bits per heavy atom. The van der Waals surface area contributed by atoms with Crippen molar-refractivity contribution in [1.29, 1.82) is 0 Å². The van der Waals surface area contributed by atoms with E-state index in [0.717, 1.165) is 8.04 Å². The van der Waals surface area contributed by atoms with Crippen molar-refractivity contribution in [3.05, 3.63) is 26.2 Å². The Balaban J connectivity index is 2.67. The van der Waals surface area contributed by atoms with Gasteiger partial charge in [0, 0.05) is 13.7 Å². The second-order valence-electron chi connectivity index (χ2n) is 4.26. The summed E-state index contributed by atoms with van der Waals surface area (Å²) in [5, 5.41) is 2.67. The summed E-state index contributed by atoms with van der Waals surface area (Å²) in [6.07, 6.45) is -0.444. The third-order valence-electron chi connectivity index (χ3n) is 1.56. The largest absolute Gasteiger partial charge is 0.444 e. The van der Waals surface area contributed by atoms with Gasteiger partial charge in [0.2, 0.25) is 0 Å². The first-order valence-corrected chi connectivity index (χ1v) is 6.60. The number of anilines is 1. The molecular formula is C11H13BrINO2. The first-order valence-electron chi connectivity index (χ1n) is 4.73. The predicted molar refractivity (Wildman–Crippen MR) is 76.7 cm³/mol. The number of halogens is 2. The first kappa shape index (κ1) is 13.8. The third-order valence-corrected chi connectivity index (χ3v) is 3.90. The minimum atomic E-state index is -0.482. The van der Waals surface area contributed by atoms with E-state index in [1.165, 1.54) is 0 Å². The number of hydrogen-bond acceptors (Lipinski definition) is 2. The molecule has 5 heteroatoms. The molecule has 0 spiro atoms. The number of carbonyl (C=O) groups is 1. The maximum Gasteiger partial charge on any atom is 0.412 e. The lowest BCUT2D eigenvalue weighted by Crippen LogP contribution is -2.27. The van der Waals surface area contributed by atoms with Crippen molar-refractivity contribution in [1.82, 2.24) is 0 Å². The van der Waals surface area contributed by atoms with Crippen molar-refractivity contribution in [3.63, 3.8) is 0 Å². The number of ether oxygens (including phenoxy) is 1. The lowest BCUT2D eigenvalue weighted by atomic mass is 10.2. The highest BCUT2D eigenvalue weighted by Crippen LogP contribution is 2.23. The summed E-state index contributed by atoms with van der Waals surface area (Å²) in [5.41, 5.74) is 0.228. The number of rotatable bonds is 1. The van der Waals surface area contributed by atoms with Crippen LogP contribution in [-0.4, -0.2) is 11.7 Å². The normalized spacial score (nSPS) is 11.1. The number of nitrogens with one attached hydrogen (secondary N) is 1. The molecule has 1 aromatic rings. The fourth-order valence-electron chi connectivity index (χ4n) is 0.995. The molecule has 1 rings (SSSR count). The Morgan fingerprint density at radius 2 is 2.06 bits per heavy atom. The highest BCUT2D eigenvalue weighted by atomic mass is 127. The van der Waals surface area contributed by atoms with E-state index in [2.05, 4.69) is 43.8 Å². The van der Waals surface area contributed by atoms with Gasteiger partial charge in [-0.1, -0.05) is 0 Å². The van der Waals surface area contributed by atoms with Crippen molar-refractivity contribution in [2.45, 2.75) is 26.4 Å². The maximum atomic E-state index is 11.5. The Morgan fingerprint density at radius 1 is 1.44 bits per heavy atom. The Hall–Kier alpha value is -0.300. The molecule has 0 unspecified atom stereocenters. The van der Waals surface area contributed by atoms with Crippen LogP contribution in [-0.2, 0) is 4.74 Å². The van der Waals surface area contributed by atoms with Crippen LogP contribution in [0.3, 0.4) is 0 Å². The second-order valence-corrected chi connectivity index (χ2v) is 6.27. The van der Waals surface area contributed by atoms with Crippen molar-refractivity contribution < 1.29 is 9.53 Å². The van der Waals surface area contributed by atoms with Crippen LogP contribution in [0.5, 0.6) is 0 Å². The maximum absolute atomic E-state index is 11.5. The van der Waals surface area contributed by atoms with E-state index >= 15 is 0 Å². The van der Waals surface area contributed by atoms with E-state index in [4.69, 9.17) is 4.74 Å². The zero-order valence-corrected chi connectivity index (χ0v) is 13.0. The van der Waals surface area contributed by atoms with Crippen LogP contribution in [0.4, 0.5) is 10.5 Å². The zero-order valence-electron chi connectivity index (χ0n) is 9.30. The SMILES string of the molecule is CC(C)(C)OC(=O)Nc1ccc(I)c(Br)c1. The molecule has 88 valence electrons. The lowest BCUT2D eigenvalue weighted by molar-refractivity contribution is 0.0636. The van der Waals surface area contributed by atoms with Gasteiger partial charge in [-0.15, -0.1) is 0 Å². The van der Waals surface area contributed by atoms with Gasteiger partial charge in [0.15, 0.2) is 0 Å². The van der Waals surface area contributed by atoms with Crippen LogP contribution < -0.4 is 5.32 Å². The summed E-state index contributed by atoms with van der Waals surface area (Å²) in [5.74, 6) is 0. The quantitative estimate of drug-likeness (QED) is 0.713. The van der Waals surface area contributed by atoms with Gasteiger partial charge in [0.05, 0.1) is 0 Å². The number of carbonyl (C=O) groups excluding carboxylic acids is 1. The number of hydrogen-bond donors (Lipinski definition) is 1. The standard InChI is InChI=1S/C11H13BrINO2/c1-11(2,3)16-10(15)14-7-4-5-9(13)8(12)6-7/h4-6H,1-3H3,(H,14,15). The molecule has 0 aliphatic rings. The van der Waals surface area contributed by atoms with Crippen molar-refractivity contribution in [2.24, 2.45) is 0 Å². The van der Waals surface area contributed by atoms with Gasteiger partial charge in [-0.05, 0) is 77.5 Å². The molecule has 1 amide bonds. The van der Waals surface area contributed by atoms with E-state index < -0.39 is 11.7 Å². The molecule has 0 bridgehead atoms. The van der Waals surface area contributed by atoms with E-state index in [-0.39, 0.29) is 0 Å². The molecule has 0 heterocycles. The number of amides is 1.